The molecule has 2 N–H and O–H groups in total. The summed E-state index contributed by atoms with van der Waals surface area (Å²) >= 11 is 0. The van der Waals surface area contributed by atoms with Crippen LogP contribution in [0.2, 0.25) is 0 Å². The molecule has 1 aliphatic heterocycles. The summed E-state index contributed by atoms with van der Waals surface area (Å²) in [7, 11) is 1.71. The Morgan fingerprint density at radius 2 is 1.85 bits per heavy atom. The van der Waals surface area contributed by atoms with Crippen molar-refractivity contribution in [2.75, 3.05) is 26.7 Å². The molecule has 1 aliphatic rings. The van der Waals surface area contributed by atoms with Gasteiger partial charge in [0.05, 0.1) is 0 Å². The van der Waals surface area contributed by atoms with Gasteiger partial charge in [0, 0.05) is 26.2 Å². The van der Waals surface area contributed by atoms with Gasteiger partial charge in [-0.1, -0.05) is 30.3 Å². The Morgan fingerprint density at radius 3 is 2.50 bits per heavy atom. The lowest BCUT2D eigenvalue weighted by Gasteiger charge is -2.33. The highest BCUT2D eigenvalue weighted by atomic mass is 16.2. The number of nitrogens with one attached hydrogen (secondary N) is 2. The average Bonchev–Trinajstić information content (AvgIpc) is 2.63. The SMILES string of the molecule is CN(CC1CCN(Cc2ccccc2)CC1)C(=O)c1cc(=O)[nH]c(=O)[nH]1. The molecule has 0 radical (unpaired) electrons. The van der Waals surface area contributed by atoms with Crippen LogP contribution < -0.4 is 11.2 Å². The van der Waals surface area contributed by atoms with Gasteiger partial charge in [0.1, 0.15) is 5.69 Å². The first-order chi connectivity index (χ1) is 12.5. The molecule has 1 aromatic heterocycles. The van der Waals surface area contributed by atoms with Gasteiger partial charge in [-0.3, -0.25) is 19.5 Å². The number of aromatic nitrogens is 2. The predicted molar refractivity (Wildman–Crippen MR) is 99.1 cm³/mol. The van der Waals surface area contributed by atoms with Gasteiger partial charge in [-0.2, -0.15) is 0 Å². The molecule has 7 nitrogen and oxygen atoms in total. The largest absolute Gasteiger partial charge is 0.340 e. The van der Waals surface area contributed by atoms with Crippen LogP contribution in [-0.2, 0) is 6.54 Å². The number of benzene rings is 1. The Kier molecular flexibility index (Phi) is 5.68. The van der Waals surface area contributed by atoms with Crippen LogP contribution in [0.1, 0.15) is 28.9 Å². The van der Waals surface area contributed by atoms with Crippen molar-refractivity contribution in [1.82, 2.24) is 19.8 Å². The summed E-state index contributed by atoms with van der Waals surface area (Å²) < 4.78 is 0. The van der Waals surface area contributed by atoms with E-state index in [4.69, 9.17) is 0 Å². The summed E-state index contributed by atoms with van der Waals surface area (Å²) in [5.74, 6) is 0.0876. The molecule has 26 heavy (non-hydrogen) atoms. The molecule has 1 amide bonds. The molecular weight excluding hydrogens is 332 g/mol. The summed E-state index contributed by atoms with van der Waals surface area (Å²) in [5, 5.41) is 0. The number of hydrogen-bond donors (Lipinski definition) is 2. The minimum Gasteiger partial charge on any atom is -0.340 e. The lowest BCUT2D eigenvalue weighted by molar-refractivity contribution is 0.0731. The first kappa shape index (κ1) is 18.1. The van der Waals surface area contributed by atoms with E-state index in [9.17, 15) is 14.4 Å². The zero-order chi connectivity index (χ0) is 18.5. The van der Waals surface area contributed by atoms with E-state index in [1.165, 1.54) is 5.56 Å². The highest BCUT2D eigenvalue weighted by Gasteiger charge is 2.23. The second-order valence-corrected chi connectivity index (χ2v) is 6.89. The Morgan fingerprint density at radius 1 is 1.15 bits per heavy atom. The molecule has 1 saturated heterocycles. The number of carbonyl (C=O) groups is 1. The second kappa shape index (κ2) is 8.14. The number of amides is 1. The number of rotatable bonds is 5. The third-order valence-electron chi connectivity index (χ3n) is 4.83. The maximum Gasteiger partial charge on any atom is 0.326 e. The van der Waals surface area contributed by atoms with Crippen LogP contribution in [0.15, 0.2) is 46.0 Å². The van der Waals surface area contributed by atoms with E-state index in [2.05, 4.69) is 39.1 Å². The number of carbonyl (C=O) groups excluding carboxylic acids is 1. The van der Waals surface area contributed by atoms with Crippen molar-refractivity contribution in [2.45, 2.75) is 19.4 Å². The fraction of sp³-hybridized carbons (Fsp3) is 0.421. The van der Waals surface area contributed by atoms with Gasteiger partial charge in [0.15, 0.2) is 0 Å². The molecule has 0 bridgehead atoms. The van der Waals surface area contributed by atoms with Crippen LogP contribution >= 0.6 is 0 Å². The molecule has 3 rings (SSSR count). The van der Waals surface area contributed by atoms with E-state index >= 15 is 0 Å². The number of nitrogens with zero attached hydrogens (tertiary/aromatic N) is 2. The van der Waals surface area contributed by atoms with Gasteiger partial charge in [-0.25, -0.2) is 4.79 Å². The summed E-state index contributed by atoms with van der Waals surface area (Å²) in [6.45, 7) is 3.58. The van der Waals surface area contributed by atoms with E-state index in [0.29, 0.717) is 12.5 Å². The molecule has 1 aromatic carbocycles. The predicted octanol–water partition coefficient (Wildman–Crippen LogP) is 1.05. The summed E-state index contributed by atoms with van der Waals surface area (Å²) in [5.41, 5.74) is 0.113. The van der Waals surface area contributed by atoms with E-state index in [-0.39, 0.29) is 11.6 Å². The standard InChI is InChI=1S/C19H24N4O3/c1-22(18(25)16-11-17(24)21-19(26)20-16)12-15-7-9-23(10-8-15)13-14-5-3-2-4-6-14/h2-6,11,15H,7-10,12-13H2,1H3,(H2,20,21,24,26). The molecule has 2 heterocycles. The van der Waals surface area contributed by atoms with Gasteiger partial charge in [-0.05, 0) is 37.4 Å². The van der Waals surface area contributed by atoms with E-state index in [1.54, 1.807) is 11.9 Å². The third-order valence-corrected chi connectivity index (χ3v) is 4.83. The molecule has 0 atom stereocenters. The molecule has 7 heteroatoms. The molecule has 0 spiro atoms. The maximum atomic E-state index is 12.4. The fourth-order valence-electron chi connectivity index (χ4n) is 3.43. The van der Waals surface area contributed by atoms with E-state index < -0.39 is 11.2 Å². The van der Waals surface area contributed by atoms with E-state index in [1.807, 2.05) is 6.07 Å². The molecule has 1 fully saturated rings. The van der Waals surface area contributed by atoms with Gasteiger partial charge in [0.2, 0.25) is 0 Å². The van der Waals surface area contributed by atoms with Crippen LogP contribution in [0.25, 0.3) is 0 Å². The van der Waals surface area contributed by atoms with Crippen LogP contribution in [0.5, 0.6) is 0 Å². The van der Waals surface area contributed by atoms with Crippen molar-refractivity contribution >= 4 is 5.91 Å². The van der Waals surface area contributed by atoms with Crippen LogP contribution in [0.4, 0.5) is 0 Å². The maximum absolute atomic E-state index is 12.4. The lowest BCUT2D eigenvalue weighted by atomic mass is 9.96. The topological polar surface area (TPSA) is 89.3 Å². The highest BCUT2D eigenvalue weighted by molar-refractivity contribution is 5.91. The van der Waals surface area contributed by atoms with Crippen LogP contribution in [-0.4, -0.2) is 52.4 Å². The number of hydrogen-bond acceptors (Lipinski definition) is 4. The quantitative estimate of drug-likeness (QED) is 0.838. The molecular formula is C19H24N4O3. The van der Waals surface area contributed by atoms with Crippen molar-refractivity contribution in [3.8, 4) is 0 Å². The zero-order valence-electron chi connectivity index (χ0n) is 14.9. The second-order valence-electron chi connectivity index (χ2n) is 6.89. The summed E-state index contributed by atoms with van der Waals surface area (Å²) in [6.07, 6.45) is 2.05. The Balaban J connectivity index is 1.51. The first-order valence-corrected chi connectivity index (χ1v) is 8.86. The molecule has 138 valence electrons. The minimum atomic E-state index is -0.663. The number of likely N-dealkylation sites (tertiary alicyclic amines) is 1. The third kappa shape index (κ3) is 4.70. The number of aromatic amines is 2. The monoisotopic (exact) mass is 356 g/mol. The normalized spacial score (nSPS) is 15.7. The first-order valence-electron chi connectivity index (χ1n) is 8.86. The van der Waals surface area contributed by atoms with Crippen LogP contribution in [0, 0.1) is 5.92 Å². The number of H-pyrrole nitrogens is 2. The molecule has 0 unspecified atom stereocenters. The lowest BCUT2D eigenvalue weighted by Crippen LogP contribution is -2.40. The Hall–Kier alpha value is -2.67. The highest BCUT2D eigenvalue weighted by Crippen LogP contribution is 2.20. The van der Waals surface area contributed by atoms with Crippen molar-refractivity contribution in [3.05, 3.63) is 68.5 Å². The van der Waals surface area contributed by atoms with Crippen molar-refractivity contribution in [3.63, 3.8) is 0 Å². The van der Waals surface area contributed by atoms with Crippen LogP contribution in [0.3, 0.4) is 0 Å². The van der Waals surface area contributed by atoms with Crippen molar-refractivity contribution in [1.29, 1.82) is 0 Å². The Labute approximate surface area is 151 Å². The van der Waals surface area contributed by atoms with Gasteiger partial charge in [0.25, 0.3) is 11.5 Å². The van der Waals surface area contributed by atoms with Crippen molar-refractivity contribution < 1.29 is 4.79 Å². The van der Waals surface area contributed by atoms with Gasteiger partial charge < -0.3 is 9.88 Å². The molecule has 0 saturated carbocycles. The van der Waals surface area contributed by atoms with Gasteiger partial charge in [-0.15, -0.1) is 0 Å². The smallest absolute Gasteiger partial charge is 0.326 e. The number of piperidine rings is 1. The molecule has 2 aromatic rings. The average molecular weight is 356 g/mol. The Bertz CT molecular complexity index is 823. The summed E-state index contributed by atoms with van der Waals surface area (Å²) in [4.78, 5) is 43.6. The zero-order valence-corrected chi connectivity index (χ0v) is 14.9. The van der Waals surface area contributed by atoms with Crippen molar-refractivity contribution in [2.24, 2.45) is 5.92 Å². The van der Waals surface area contributed by atoms with E-state index in [0.717, 1.165) is 38.5 Å². The van der Waals surface area contributed by atoms with Gasteiger partial charge >= 0.3 is 5.69 Å². The fourth-order valence-corrected chi connectivity index (χ4v) is 3.43. The molecule has 0 aliphatic carbocycles. The minimum absolute atomic E-state index is 0.0303. The summed E-state index contributed by atoms with van der Waals surface area (Å²) in [6, 6.07) is 11.5.